The van der Waals surface area contributed by atoms with Crippen molar-refractivity contribution in [2.24, 2.45) is 4.99 Å². The molecule has 2 unspecified atom stereocenters. The van der Waals surface area contributed by atoms with Crippen molar-refractivity contribution in [3.05, 3.63) is 24.7 Å². The summed E-state index contributed by atoms with van der Waals surface area (Å²) in [5.41, 5.74) is 0.327. The van der Waals surface area contributed by atoms with Crippen molar-refractivity contribution in [3.8, 4) is 17.5 Å². The normalized spacial score (nSPS) is 23.1. The Morgan fingerprint density at radius 3 is 2.66 bits per heavy atom. The Balaban J connectivity index is 1.28. The molecule has 2 aromatic rings. The summed E-state index contributed by atoms with van der Waals surface area (Å²) in [4.78, 5) is 64.0. The second kappa shape index (κ2) is 10.6. The first-order chi connectivity index (χ1) is 19.5. The number of nitrogens with zero attached hydrogens (tertiary/aromatic N) is 10. The minimum absolute atomic E-state index is 0.0241. The van der Waals surface area contributed by atoms with Crippen molar-refractivity contribution in [1.82, 2.24) is 34.6 Å². The number of nitrogens with one attached hydrogen (secondary N) is 1. The first kappa shape index (κ1) is 27.7. The zero-order valence-electron chi connectivity index (χ0n) is 21.9. The van der Waals surface area contributed by atoms with Crippen LogP contribution in [-0.4, -0.2) is 109 Å². The van der Waals surface area contributed by atoms with E-state index in [0.29, 0.717) is 12.0 Å². The number of nitriles is 1. The number of halogens is 3. The number of hydrogen-bond donors (Lipinski definition) is 1. The second-order valence-electron chi connectivity index (χ2n) is 9.64. The van der Waals surface area contributed by atoms with E-state index in [2.05, 4.69) is 30.2 Å². The monoisotopic (exact) mass is 571 g/mol. The highest BCUT2D eigenvalue weighted by molar-refractivity contribution is 6.03. The highest BCUT2D eigenvalue weighted by Crippen LogP contribution is 2.34. The van der Waals surface area contributed by atoms with Crippen LogP contribution >= 0.6 is 0 Å². The van der Waals surface area contributed by atoms with Crippen molar-refractivity contribution in [2.45, 2.75) is 50.2 Å². The van der Waals surface area contributed by atoms with E-state index in [4.69, 9.17) is 5.26 Å². The van der Waals surface area contributed by atoms with Crippen LogP contribution < -0.4 is 10.2 Å². The topological polar surface area (TPSA) is 164 Å². The maximum atomic E-state index is 13.3. The molecule has 41 heavy (non-hydrogen) atoms. The van der Waals surface area contributed by atoms with Crippen LogP contribution in [0.5, 0.6) is 0 Å². The Labute approximate surface area is 231 Å². The average Bonchev–Trinajstić information content (AvgIpc) is 3.62. The molecule has 0 spiro atoms. The van der Waals surface area contributed by atoms with E-state index in [0.717, 1.165) is 9.80 Å². The summed E-state index contributed by atoms with van der Waals surface area (Å²) >= 11 is 0. The van der Waals surface area contributed by atoms with Gasteiger partial charge in [-0.25, -0.2) is 34.6 Å². The van der Waals surface area contributed by atoms with E-state index >= 15 is 0 Å². The van der Waals surface area contributed by atoms with E-state index in [9.17, 15) is 27.6 Å². The van der Waals surface area contributed by atoms with Gasteiger partial charge in [-0.15, -0.1) is 0 Å². The highest BCUT2D eigenvalue weighted by atomic mass is 19.4. The van der Waals surface area contributed by atoms with Gasteiger partial charge in [0.2, 0.25) is 11.9 Å². The molecule has 0 bridgehead atoms. The van der Waals surface area contributed by atoms with Crippen LogP contribution in [0, 0.1) is 11.3 Å². The number of amides is 4. The van der Waals surface area contributed by atoms with Crippen molar-refractivity contribution in [1.29, 1.82) is 5.26 Å². The number of urea groups is 1. The molecule has 14 nitrogen and oxygen atoms in total. The minimum Gasteiger partial charge on any atom is -0.335 e. The molecule has 3 aliphatic heterocycles. The van der Waals surface area contributed by atoms with Crippen LogP contribution in [0.25, 0.3) is 11.4 Å². The molecule has 0 aromatic carbocycles. The molecule has 5 rings (SSSR count). The van der Waals surface area contributed by atoms with Gasteiger partial charge >= 0.3 is 12.2 Å². The van der Waals surface area contributed by atoms with E-state index in [1.54, 1.807) is 13.0 Å². The third kappa shape index (κ3) is 5.08. The van der Waals surface area contributed by atoms with Gasteiger partial charge in [-0.1, -0.05) is 0 Å². The predicted octanol–water partition coefficient (Wildman–Crippen LogP) is 1.25. The summed E-state index contributed by atoms with van der Waals surface area (Å²) in [6.45, 7) is 1.30. The number of aromatic nitrogens is 4. The number of fused-ring (bicyclic) bond motifs is 1. The number of hydrogen-bond acceptors (Lipinski definition) is 11. The van der Waals surface area contributed by atoms with E-state index in [1.165, 1.54) is 47.8 Å². The smallest absolute Gasteiger partial charge is 0.335 e. The fourth-order valence-electron chi connectivity index (χ4n) is 5.00. The summed E-state index contributed by atoms with van der Waals surface area (Å²) in [6.07, 6.45) is 0.464. The summed E-state index contributed by atoms with van der Waals surface area (Å²) < 4.78 is 40.0. The maximum absolute atomic E-state index is 13.3. The Morgan fingerprint density at radius 2 is 1.98 bits per heavy atom. The molecule has 0 saturated carbocycles. The van der Waals surface area contributed by atoms with Gasteiger partial charge in [0.1, 0.15) is 24.4 Å². The Morgan fingerprint density at radius 1 is 1.24 bits per heavy atom. The van der Waals surface area contributed by atoms with Crippen LogP contribution in [-0.2, 0) is 9.59 Å². The zero-order chi connectivity index (χ0) is 29.5. The quantitative estimate of drug-likeness (QED) is 0.499. The van der Waals surface area contributed by atoms with Gasteiger partial charge < -0.3 is 20.0 Å². The van der Waals surface area contributed by atoms with E-state index in [1.807, 2.05) is 0 Å². The van der Waals surface area contributed by atoms with Crippen molar-refractivity contribution < 1.29 is 27.6 Å². The number of aliphatic imine (C=N–C) groups is 1. The number of anilines is 2. The number of likely N-dealkylation sites (N-methyl/N-ethyl adjacent to an activating group) is 1. The predicted molar refractivity (Wildman–Crippen MR) is 136 cm³/mol. The molecule has 17 heteroatoms. The van der Waals surface area contributed by atoms with Crippen LogP contribution in [0.3, 0.4) is 0 Å². The van der Waals surface area contributed by atoms with Gasteiger partial charge in [0, 0.05) is 32.2 Å². The average molecular weight is 572 g/mol. The lowest BCUT2D eigenvalue weighted by Crippen LogP contribution is -2.66. The number of carbonyl (C=O) groups is 3. The molecule has 3 aliphatic rings. The highest BCUT2D eigenvalue weighted by Gasteiger charge is 2.51. The number of alkyl halides is 3. The second-order valence-corrected chi connectivity index (χ2v) is 9.64. The van der Waals surface area contributed by atoms with Gasteiger partial charge in [-0.2, -0.15) is 18.4 Å². The lowest BCUT2D eigenvalue weighted by Gasteiger charge is -2.41. The first-order valence-corrected chi connectivity index (χ1v) is 12.6. The summed E-state index contributed by atoms with van der Waals surface area (Å²) in [6, 6.07) is -0.976. The van der Waals surface area contributed by atoms with Crippen LogP contribution in [0.15, 0.2) is 29.6 Å². The molecule has 2 aromatic heterocycles. The van der Waals surface area contributed by atoms with E-state index < -0.39 is 54.9 Å². The van der Waals surface area contributed by atoms with Crippen LogP contribution in [0.1, 0.15) is 19.8 Å². The minimum atomic E-state index is -4.39. The number of rotatable bonds is 6. The maximum Gasteiger partial charge on any atom is 0.408 e. The molecular formula is C24H24F3N11O3. The third-order valence-electron chi connectivity index (χ3n) is 7.15. The molecule has 4 atom stereocenters. The molecule has 5 heterocycles. The van der Waals surface area contributed by atoms with Crippen LogP contribution in [0.4, 0.5) is 29.7 Å². The van der Waals surface area contributed by atoms with Gasteiger partial charge in [0.25, 0.3) is 5.91 Å². The van der Waals surface area contributed by atoms with Gasteiger partial charge in [0.15, 0.2) is 18.0 Å². The molecule has 214 valence electrons. The standard InChI is InChI=1S/C24H24F3N11O3/c1-13(38-12-32-19-17(38)21(40)37(9-6-28)23(41)35(19)2)20(39)34-16-5-7-29-18(33-16)14-10-30-22(31-11-14)36-8-3-4-15(36)24(25,26)27/h5,7,10-13,15,17,19H,3-4,8-9H2,1-2H3,(H,29,33,34,39)/t13-,15-,17?,19?/m0/s1. The van der Waals surface area contributed by atoms with Gasteiger partial charge in [0.05, 0.1) is 18.0 Å². The van der Waals surface area contributed by atoms with Crippen molar-refractivity contribution in [2.75, 3.05) is 30.4 Å². The van der Waals surface area contributed by atoms with Crippen LogP contribution in [0.2, 0.25) is 0 Å². The zero-order valence-corrected chi connectivity index (χ0v) is 21.9. The van der Waals surface area contributed by atoms with Gasteiger partial charge in [-0.3, -0.25) is 9.59 Å². The lowest BCUT2D eigenvalue weighted by atomic mass is 10.1. The van der Waals surface area contributed by atoms with E-state index in [-0.39, 0.29) is 30.6 Å². The molecule has 2 saturated heterocycles. The largest absolute Gasteiger partial charge is 0.408 e. The fraction of sp³-hybridized carbons (Fsp3) is 0.458. The Kier molecular flexibility index (Phi) is 7.15. The number of carbonyl (C=O) groups excluding carboxylic acids is 3. The third-order valence-corrected chi connectivity index (χ3v) is 7.15. The van der Waals surface area contributed by atoms with Gasteiger partial charge in [-0.05, 0) is 25.8 Å². The molecular weight excluding hydrogens is 547 g/mol. The molecule has 1 N–H and O–H groups in total. The molecule has 0 aliphatic carbocycles. The molecule has 2 fully saturated rings. The first-order valence-electron chi connectivity index (χ1n) is 12.6. The molecule has 4 amide bonds. The van der Waals surface area contributed by atoms with Crippen molar-refractivity contribution >= 4 is 36.0 Å². The molecule has 0 radical (unpaired) electrons. The summed E-state index contributed by atoms with van der Waals surface area (Å²) in [5, 5.41) is 11.7. The SMILES string of the molecule is C[C@@H](C(=O)Nc1ccnc(-c2cnc(N3CCC[C@H]3C(F)(F)F)nc2)n1)N1C=NC2C1C(=O)N(CC#N)C(=O)N2C. The Hall–Kier alpha value is -4.88. The number of imide groups is 1. The Bertz CT molecular complexity index is 1430. The van der Waals surface area contributed by atoms with Crippen molar-refractivity contribution in [3.63, 3.8) is 0 Å². The fourth-order valence-corrected chi connectivity index (χ4v) is 5.00. The summed E-state index contributed by atoms with van der Waals surface area (Å²) in [7, 11) is 1.46. The summed E-state index contributed by atoms with van der Waals surface area (Å²) in [5.74, 6) is -0.975. The lowest BCUT2D eigenvalue weighted by molar-refractivity contribution is -0.146.